The lowest BCUT2D eigenvalue weighted by Gasteiger charge is -2.74. The fourth-order valence-electron chi connectivity index (χ4n) is 12.0. The van der Waals surface area contributed by atoms with E-state index in [0.29, 0.717) is 21.7 Å². The van der Waals surface area contributed by atoms with E-state index in [1.54, 1.807) is 25.7 Å². The Kier molecular flexibility index (Phi) is 2.69. The normalized spacial score (nSPS) is 71.8. The zero-order valence-corrected chi connectivity index (χ0v) is 17.6. The highest BCUT2D eigenvalue weighted by molar-refractivity contribution is 5.34. The molecule has 12 atom stereocenters. The summed E-state index contributed by atoms with van der Waals surface area (Å²) in [4.78, 5) is 0. The van der Waals surface area contributed by atoms with E-state index in [4.69, 9.17) is 0 Å². The molecule has 0 aromatic rings. The van der Waals surface area contributed by atoms with Crippen LogP contribution in [-0.2, 0) is 0 Å². The van der Waals surface area contributed by atoms with Crippen LogP contribution in [0.2, 0.25) is 0 Å². The summed E-state index contributed by atoms with van der Waals surface area (Å²) in [6, 6.07) is 0. The van der Waals surface area contributed by atoms with Crippen molar-refractivity contribution in [2.24, 2.45) is 69.0 Å². The topological polar surface area (TPSA) is 0 Å². The van der Waals surface area contributed by atoms with Gasteiger partial charge in [0.25, 0.3) is 0 Å². The maximum Gasteiger partial charge on any atom is -0.0201 e. The summed E-state index contributed by atoms with van der Waals surface area (Å²) in [6.45, 7) is 16.0. The van der Waals surface area contributed by atoms with Gasteiger partial charge in [-0.3, -0.25) is 0 Å². The number of fused-ring (bicyclic) bond motifs is 15. The van der Waals surface area contributed by atoms with Crippen LogP contribution in [-0.4, -0.2) is 0 Å². The average molecular weight is 341 g/mol. The van der Waals surface area contributed by atoms with E-state index >= 15 is 0 Å². The summed E-state index contributed by atoms with van der Waals surface area (Å²) in [7, 11) is 0. The molecule has 0 nitrogen and oxygen atoms in total. The van der Waals surface area contributed by atoms with Crippen molar-refractivity contribution in [2.45, 2.75) is 86.5 Å². The number of hydrogen-bond donors (Lipinski definition) is 0. The molecule has 0 heteroatoms. The third-order valence-electron chi connectivity index (χ3n) is 12.8. The van der Waals surface area contributed by atoms with Gasteiger partial charge in [0.1, 0.15) is 0 Å². The fraction of sp³-hybridized carbons (Fsp3) is 1.00. The second-order valence-corrected chi connectivity index (χ2v) is 12.6. The molecule has 6 rings (SSSR count). The van der Waals surface area contributed by atoms with Gasteiger partial charge in [0, 0.05) is 0 Å². The summed E-state index contributed by atoms with van der Waals surface area (Å²) in [5, 5.41) is 0. The Morgan fingerprint density at radius 2 is 1.08 bits per heavy atom. The molecule has 6 fully saturated rings. The van der Waals surface area contributed by atoms with E-state index in [0.717, 1.165) is 47.3 Å². The third kappa shape index (κ3) is 1.31. The van der Waals surface area contributed by atoms with Crippen LogP contribution in [0.25, 0.3) is 0 Å². The largest absolute Gasteiger partial charge is 0.0649 e. The lowest BCUT2D eigenvalue weighted by molar-refractivity contribution is -0.270. The molecule has 4 bridgehead atoms. The summed E-state index contributed by atoms with van der Waals surface area (Å²) < 4.78 is 0. The molecule has 6 saturated carbocycles. The minimum atomic E-state index is 0.627. The smallest absolute Gasteiger partial charge is 0.0201 e. The maximum absolute atomic E-state index is 2.81. The lowest BCUT2D eigenvalue weighted by atomic mass is 9.30. The predicted molar refractivity (Wildman–Crippen MR) is 104 cm³/mol. The van der Waals surface area contributed by atoms with Gasteiger partial charge in [0.15, 0.2) is 0 Å². The molecule has 0 aliphatic heterocycles. The van der Waals surface area contributed by atoms with E-state index in [9.17, 15) is 0 Å². The first kappa shape index (κ1) is 16.0. The maximum atomic E-state index is 2.81. The molecule has 0 radical (unpaired) electrons. The summed E-state index contributed by atoms with van der Waals surface area (Å²) in [6.07, 6.45) is 10.7. The second kappa shape index (κ2) is 4.20. The molecule has 6 aliphatic carbocycles. The van der Waals surface area contributed by atoms with Crippen molar-refractivity contribution in [1.29, 1.82) is 0 Å². The highest BCUT2D eigenvalue weighted by atomic mass is 14.9. The zero-order chi connectivity index (χ0) is 17.6. The molecular formula is C25H40. The highest BCUT2D eigenvalue weighted by Gasteiger charge is 2.86. The van der Waals surface area contributed by atoms with Crippen LogP contribution in [0.4, 0.5) is 0 Å². The van der Waals surface area contributed by atoms with Gasteiger partial charge in [-0.05, 0) is 101 Å². The van der Waals surface area contributed by atoms with Gasteiger partial charge in [-0.25, -0.2) is 0 Å². The van der Waals surface area contributed by atoms with E-state index in [-0.39, 0.29) is 0 Å². The van der Waals surface area contributed by atoms with Crippen molar-refractivity contribution < 1.29 is 0 Å². The van der Waals surface area contributed by atoms with Crippen LogP contribution < -0.4 is 0 Å². The summed E-state index contributed by atoms with van der Waals surface area (Å²) in [5.41, 5.74) is 2.67. The minimum Gasteiger partial charge on any atom is -0.0649 e. The minimum absolute atomic E-state index is 0.627. The third-order valence-corrected chi connectivity index (χ3v) is 12.8. The standard InChI is InChI=1S/C25H40/c1-7-22(3)13-23(4,8-2)21-17-12-16(20(21)22)24(5)18-14-9-10-15(11-14)19(18)25(17,24)6/h14-21H,7-13H2,1-6H3. The van der Waals surface area contributed by atoms with Crippen LogP contribution in [0.1, 0.15) is 86.5 Å². The van der Waals surface area contributed by atoms with Gasteiger partial charge in [0.05, 0.1) is 0 Å². The molecule has 0 heterocycles. The molecule has 12 unspecified atom stereocenters. The van der Waals surface area contributed by atoms with Crippen molar-refractivity contribution in [3.05, 3.63) is 0 Å². The molecule has 0 aromatic carbocycles. The van der Waals surface area contributed by atoms with Crippen molar-refractivity contribution in [1.82, 2.24) is 0 Å². The Balaban J connectivity index is 1.50. The Morgan fingerprint density at radius 3 is 1.48 bits per heavy atom. The SMILES string of the molecule is CCC1(C)CC(C)(CC)C2C1C1CC2C2(C)C3C4CCC(C4)C3C12C. The highest BCUT2D eigenvalue weighted by Crippen LogP contribution is 2.91. The first-order chi connectivity index (χ1) is 11.8. The van der Waals surface area contributed by atoms with Crippen LogP contribution in [0.5, 0.6) is 0 Å². The summed E-state index contributed by atoms with van der Waals surface area (Å²) in [5.74, 6) is 8.72. The van der Waals surface area contributed by atoms with Crippen LogP contribution >= 0.6 is 0 Å². The number of hydrogen-bond acceptors (Lipinski definition) is 0. The van der Waals surface area contributed by atoms with Gasteiger partial charge >= 0.3 is 0 Å². The molecular weight excluding hydrogens is 300 g/mol. The van der Waals surface area contributed by atoms with Crippen molar-refractivity contribution in [3.8, 4) is 0 Å². The van der Waals surface area contributed by atoms with E-state index in [1.165, 1.54) is 19.3 Å². The van der Waals surface area contributed by atoms with Crippen molar-refractivity contribution in [2.75, 3.05) is 0 Å². The zero-order valence-electron chi connectivity index (χ0n) is 17.6. The predicted octanol–water partition coefficient (Wildman–Crippen LogP) is 6.79. The summed E-state index contributed by atoms with van der Waals surface area (Å²) >= 11 is 0. The molecule has 0 aromatic heterocycles. The first-order valence-corrected chi connectivity index (χ1v) is 11.8. The molecule has 0 N–H and O–H groups in total. The van der Waals surface area contributed by atoms with Gasteiger partial charge < -0.3 is 0 Å². The number of rotatable bonds is 2. The van der Waals surface area contributed by atoms with Crippen LogP contribution in [0, 0.1) is 69.0 Å². The van der Waals surface area contributed by atoms with Crippen molar-refractivity contribution in [3.63, 3.8) is 0 Å². The van der Waals surface area contributed by atoms with Crippen LogP contribution in [0.15, 0.2) is 0 Å². The second-order valence-electron chi connectivity index (χ2n) is 12.6. The van der Waals surface area contributed by atoms with Crippen LogP contribution in [0.3, 0.4) is 0 Å². The van der Waals surface area contributed by atoms with E-state index in [2.05, 4.69) is 41.5 Å². The average Bonchev–Trinajstić information content (AvgIpc) is 3.35. The fourth-order valence-corrected chi connectivity index (χ4v) is 12.0. The Labute approximate surface area is 155 Å². The van der Waals surface area contributed by atoms with E-state index < -0.39 is 0 Å². The van der Waals surface area contributed by atoms with Gasteiger partial charge in [-0.15, -0.1) is 0 Å². The van der Waals surface area contributed by atoms with Crippen molar-refractivity contribution >= 4 is 0 Å². The molecule has 0 saturated heterocycles. The first-order valence-electron chi connectivity index (χ1n) is 11.8. The molecule has 6 aliphatic rings. The Hall–Kier alpha value is 0. The molecule has 0 spiro atoms. The quantitative estimate of drug-likeness (QED) is 0.485. The van der Waals surface area contributed by atoms with Gasteiger partial charge in [0.2, 0.25) is 0 Å². The Morgan fingerprint density at radius 1 is 0.640 bits per heavy atom. The van der Waals surface area contributed by atoms with Gasteiger partial charge in [-0.2, -0.15) is 0 Å². The monoisotopic (exact) mass is 340 g/mol. The van der Waals surface area contributed by atoms with E-state index in [1.807, 2.05) is 0 Å². The molecule has 0 amide bonds. The molecule has 140 valence electrons. The molecule has 25 heavy (non-hydrogen) atoms. The van der Waals surface area contributed by atoms with Gasteiger partial charge in [-0.1, -0.05) is 54.4 Å². The lowest BCUT2D eigenvalue weighted by Crippen LogP contribution is -2.70. The Bertz CT molecular complexity index is 584.